The Hall–Kier alpha value is -1.92. The summed E-state index contributed by atoms with van der Waals surface area (Å²) in [7, 11) is 0. The Labute approximate surface area is 132 Å². The Bertz CT molecular complexity index is 603. The smallest absolute Gasteiger partial charge is 0.261 e. The Morgan fingerprint density at radius 3 is 2.82 bits per heavy atom. The molecule has 1 aromatic carbocycles. The van der Waals surface area contributed by atoms with Gasteiger partial charge in [0.15, 0.2) is 17.7 Å². The number of aliphatic hydroxyl groups is 1. The van der Waals surface area contributed by atoms with E-state index in [2.05, 4.69) is 5.32 Å². The molecule has 2 aromatic rings. The zero-order chi connectivity index (χ0) is 15.9. The lowest BCUT2D eigenvalue weighted by molar-refractivity contribution is -0.128. The van der Waals surface area contributed by atoms with E-state index in [1.54, 1.807) is 25.1 Å². The molecule has 4 nitrogen and oxygen atoms in total. The summed E-state index contributed by atoms with van der Waals surface area (Å²) in [4.78, 5) is 12.1. The number of amides is 1. The van der Waals surface area contributed by atoms with Crippen molar-refractivity contribution < 1.29 is 19.0 Å². The fraction of sp³-hybridized carbons (Fsp3) is 0.312. The first-order chi connectivity index (χ1) is 10.6. The van der Waals surface area contributed by atoms with Gasteiger partial charge in [0.1, 0.15) is 0 Å². The maximum atomic E-state index is 13.6. The van der Waals surface area contributed by atoms with E-state index in [0.29, 0.717) is 6.42 Å². The third-order valence-corrected chi connectivity index (χ3v) is 3.87. The number of ether oxygens (including phenoxy) is 1. The quantitative estimate of drug-likeness (QED) is 0.824. The molecule has 1 heterocycles. The molecule has 2 rings (SSSR count). The number of hydrogen-bond acceptors (Lipinski definition) is 4. The number of nitrogens with one attached hydrogen (secondary N) is 1. The molecule has 1 aromatic heterocycles. The molecule has 0 aliphatic heterocycles. The third kappa shape index (κ3) is 4.29. The summed E-state index contributed by atoms with van der Waals surface area (Å²) in [6, 6.07) is 7.75. The lowest BCUT2D eigenvalue weighted by atomic mass is 10.2. The molecule has 2 N–H and O–H groups in total. The van der Waals surface area contributed by atoms with E-state index >= 15 is 0 Å². The van der Waals surface area contributed by atoms with Gasteiger partial charge in [0.25, 0.3) is 5.91 Å². The predicted molar refractivity (Wildman–Crippen MR) is 83.4 cm³/mol. The van der Waals surface area contributed by atoms with Gasteiger partial charge in [-0.1, -0.05) is 19.1 Å². The summed E-state index contributed by atoms with van der Waals surface area (Å²) in [5, 5.41) is 16.2. The van der Waals surface area contributed by atoms with Gasteiger partial charge in [0, 0.05) is 6.54 Å². The van der Waals surface area contributed by atoms with E-state index in [0.717, 1.165) is 5.56 Å². The molecular weight excluding hydrogens is 305 g/mol. The van der Waals surface area contributed by atoms with Gasteiger partial charge in [0.05, 0.1) is 6.10 Å². The van der Waals surface area contributed by atoms with Crippen molar-refractivity contribution in [2.75, 3.05) is 6.54 Å². The van der Waals surface area contributed by atoms with Crippen LogP contribution < -0.4 is 10.1 Å². The molecular formula is C16H18FNO3S. The van der Waals surface area contributed by atoms with Crippen molar-refractivity contribution in [1.82, 2.24) is 5.32 Å². The molecule has 2 unspecified atom stereocenters. The number of thiophene rings is 1. The number of hydrogen-bond donors (Lipinski definition) is 2. The number of carbonyl (C=O) groups excluding carboxylic acids is 1. The minimum absolute atomic E-state index is 0.0443. The molecule has 0 bridgehead atoms. The predicted octanol–water partition coefficient (Wildman–Crippen LogP) is 2.89. The summed E-state index contributed by atoms with van der Waals surface area (Å²) in [5.41, 5.74) is 0.758. The summed E-state index contributed by atoms with van der Waals surface area (Å²) in [6.07, 6.45) is -1.16. The average molecular weight is 323 g/mol. The highest BCUT2D eigenvalue weighted by molar-refractivity contribution is 7.07. The summed E-state index contributed by atoms with van der Waals surface area (Å²) < 4.78 is 19.0. The highest BCUT2D eigenvalue weighted by atomic mass is 32.1. The zero-order valence-corrected chi connectivity index (χ0v) is 13.0. The fourth-order valence-corrected chi connectivity index (χ4v) is 2.62. The lowest BCUT2D eigenvalue weighted by Gasteiger charge is -2.18. The van der Waals surface area contributed by atoms with Crippen LogP contribution in [0.4, 0.5) is 4.39 Å². The number of benzene rings is 1. The number of aliphatic hydroxyl groups excluding tert-OH is 1. The van der Waals surface area contributed by atoms with E-state index < -0.39 is 18.0 Å². The standard InChI is InChI=1S/C16H18FNO3S/c1-2-14(21-15-6-4-3-5-12(15)17)16(20)18-9-13(19)11-7-8-22-10-11/h3-8,10,13-14,19H,2,9H2,1H3,(H,18,20). The highest BCUT2D eigenvalue weighted by Crippen LogP contribution is 2.18. The van der Waals surface area contributed by atoms with Gasteiger partial charge in [-0.05, 0) is 40.9 Å². The van der Waals surface area contributed by atoms with Crippen LogP contribution in [-0.2, 0) is 4.79 Å². The number of rotatable bonds is 7. The molecule has 118 valence electrons. The van der Waals surface area contributed by atoms with Gasteiger partial charge in [-0.3, -0.25) is 4.79 Å². The van der Waals surface area contributed by atoms with E-state index in [4.69, 9.17) is 4.74 Å². The van der Waals surface area contributed by atoms with Crippen LogP contribution in [0.15, 0.2) is 41.1 Å². The first-order valence-electron chi connectivity index (χ1n) is 7.01. The second-order valence-electron chi connectivity index (χ2n) is 4.76. The Morgan fingerprint density at radius 2 is 2.18 bits per heavy atom. The molecule has 0 saturated carbocycles. The topological polar surface area (TPSA) is 58.6 Å². The highest BCUT2D eigenvalue weighted by Gasteiger charge is 2.20. The number of halogens is 1. The van der Waals surface area contributed by atoms with Crippen molar-refractivity contribution >= 4 is 17.2 Å². The third-order valence-electron chi connectivity index (χ3n) is 3.17. The van der Waals surface area contributed by atoms with Crippen molar-refractivity contribution in [3.63, 3.8) is 0 Å². The first kappa shape index (κ1) is 16.5. The molecule has 1 amide bonds. The van der Waals surface area contributed by atoms with Crippen LogP contribution in [0.25, 0.3) is 0 Å². The Balaban J connectivity index is 1.90. The van der Waals surface area contributed by atoms with Crippen LogP contribution in [0.2, 0.25) is 0 Å². The monoisotopic (exact) mass is 323 g/mol. The lowest BCUT2D eigenvalue weighted by Crippen LogP contribution is -2.40. The largest absolute Gasteiger partial charge is 0.478 e. The van der Waals surface area contributed by atoms with Gasteiger partial charge >= 0.3 is 0 Å². The van der Waals surface area contributed by atoms with Crippen LogP contribution in [-0.4, -0.2) is 23.7 Å². The van der Waals surface area contributed by atoms with E-state index in [-0.39, 0.29) is 18.2 Å². The minimum atomic E-state index is -0.799. The molecule has 2 atom stereocenters. The summed E-state index contributed by atoms with van der Waals surface area (Å²) in [6.45, 7) is 1.87. The van der Waals surface area contributed by atoms with Gasteiger partial charge in [-0.15, -0.1) is 0 Å². The van der Waals surface area contributed by atoms with Crippen LogP contribution in [0, 0.1) is 5.82 Å². The SMILES string of the molecule is CCC(Oc1ccccc1F)C(=O)NCC(O)c1ccsc1. The Kier molecular flexibility index (Phi) is 5.91. The van der Waals surface area contributed by atoms with E-state index in [1.807, 2.05) is 10.8 Å². The molecule has 0 spiro atoms. The van der Waals surface area contributed by atoms with E-state index in [9.17, 15) is 14.3 Å². The number of para-hydroxylation sites is 1. The average Bonchev–Trinajstić information content (AvgIpc) is 3.06. The van der Waals surface area contributed by atoms with Crippen LogP contribution in [0.3, 0.4) is 0 Å². The van der Waals surface area contributed by atoms with Crippen LogP contribution in [0.1, 0.15) is 25.0 Å². The summed E-state index contributed by atoms with van der Waals surface area (Å²) >= 11 is 1.48. The first-order valence-corrected chi connectivity index (χ1v) is 7.95. The normalized spacial score (nSPS) is 13.4. The maximum absolute atomic E-state index is 13.6. The Morgan fingerprint density at radius 1 is 1.41 bits per heavy atom. The van der Waals surface area contributed by atoms with E-state index in [1.165, 1.54) is 23.5 Å². The molecule has 0 fully saturated rings. The van der Waals surface area contributed by atoms with Crippen molar-refractivity contribution in [2.24, 2.45) is 0 Å². The molecule has 6 heteroatoms. The van der Waals surface area contributed by atoms with Crippen LogP contribution >= 0.6 is 11.3 Å². The van der Waals surface area contributed by atoms with Crippen LogP contribution in [0.5, 0.6) is 5.75 Å². The summed E-state index contributed by atoms with van der Waals surface area (Å²) in [5.74, 6) is -0.838. The van der Waals surface area contributed by atoms with Crippen molar-refractivity contribution in [3.8, 4) is 5.75 Å². The van der Waals surface area contributed by atoms with Gasteiger partial charge in [-0.25, -0.2) is 4.39 Å². The molecule has 22 heavy (non-hydrogen) atoms. The van der Waals surface area contributed by atoms with Crippen molar-refractivity contribution in [1.29, 1.82) is 0 Å². The van der Waals surface area contributed by atoms with Gasteiger partial charge in [-0.2, -0.15) is 11.3 Å². The molecule has 0 radical (unpaired) electrons. The molecule has 0 aliphatic carbocycles. The van der Waals surface area contributed by atoms with Gasteiger partial charge < -0.3 is 15.2 Å². The van der Waals surface area contributed by atoms with Crippen molar-refractivity contribution in [2.45, 2.75) is 25.6 Å². The zero-order valence-electron chi connectivity index (χ0n) is 12.2. The van der Waals surface area contributed by atoms with Crippen molar-refractivity contribution in [3.05, 3.63) is 52.5 Å². The maximum Gasteiger partial charge on any atom is 0.261 e. The molecule has 0 saturated heterocycles. The molecule has 0 aliphatic rings. The fourth-order valence-electron chi connectivity index (χ4n) is 1.91. The minimum Gasteiger partial charge on any atom is -0.478 e. The second-order valence-corrected chi connectivity index (χ2v) is 5.54. The number of carbonyl (C=O) groups is 1. The second kappa shape index (κ2) is 7.91. The van der Waals surface area contributed by atoms with Gasteiger partial charge in [0.2, 0.25) is 0 Å².